The van der Waals surface area contributed by atoms with Gasteiger partial charge in [0.15, 0.2) is 9.84 Å². The molecule has 4 nitrogen and oxygen atoms in total. The number of nitrogens with one attached hydrogen (secondary N) is 1. The van der Waals surface area contributed by atoms with Gasteiger partial charge in [-0.1, -0.05) is 12.1 Å². The second kappa shape index (κ2) is 6.90. The van der Waals surface area contributed by atoms with Crippen LogP contribution in [0.5, 0.6) is 0 Å². The van der Waals surface area contributed by atoms with Crippen molar-refractivity contribution < 1.29 is 8.42 Å². The van der Waals surface area contributed by atoms with E-state index in [2.05, 4.69) is 17.1 Å². The molecule has 1 fully saturated rings. The first-order chi connectivity index (χ1) is 9.91. The van der Waals surface area contributed by atoms with E-state index >= 15 is 0 Å². The van der Waals surface area contributed by atoms with Crippen molar-refractivity contribution >= 4 is 9.84 Å². The normalized spacial score (nSPS) is 19.6. The van der Waals surface area contributed by atoms with E-state index in [0.29, 0.717) is 10.9 Å². The summed E-state index contributed by atoms with van der Waals surface area (Å²) in [4.78, 5) is 2.88. The van der Waals surface area contributed by atoms with Gasteiger partial charge >= 0.3 is 0 Å². The molecular formula is C16H26N2O2S. The first-order valence-electron chi connectivity index (χ1n) is 7.60. The van der Waals surface area contributed by atoms with Crippen molar-refractivity contribution in [2.75, 3.05) is 32.9 Å². The summed E-state index contributed by atoms with van der Waals surface area (Å²) in [6.45, 7) is 5.53. The van der Waals surface area contributed by atoms with E-state index in [-0.39, 0.29) is 0 Å². The number of rotatable bonds is 5. The molecule has 0 aromatic heterocycles. The Bertz CT molecular complexity index is 546. The fourth-order valence-corrected chi connectivity index (χ4v) is 3.67. The quantitative estimate of drug-likeness (QED) is 0.905. The Kier molecular flexibility index (Phi) is 5.41. The molecule has 0 radical (unpaired) electrons. The maximum Gasteiger partial charge on any atom is 0.175 e. The van der Waals surface area contributed by atoms with Crippen LogP contribution in [-0.2, 0) is 9.84 Å². The second-order valence-electron chi connectivity index (χ2n) is 6.05. The van der Waals surface area contributed by atoms with E-state index in [4.69, 9.17) is 0 Å². The number of piperidine rings is 1. The lowest BCUT2D eigenvalue weighted by Crippen LogP contribution is -2.38. The molecule has 1 unspecified atom stereocenters. The van der Waals surface area contributed by atoms with Crippen molar-refractivity contribution in [2.45, 2.75) is 30.7 Å². The van der Waals surface area contributed by atoms with Gasteiger partial charge in [-0.15, -0.1) is 0 Å². The lowest BCUT2D eigenvalue weighted by molar-refractivity contribution is 0.141. The maximum atomic E-state index is 11.5. The van der Waals surface area contributed by atoms with Crippen molar-refractivity contribution in [1.82, 2.24) is 10.2 Å². The van der Waals surface area contributed by atoms with Gasteiger partial charge in [0.2, 0.25) is 0 Å². The van der Waals surface area contributed by atoms with Crippen molar-refractivity contribution in [1.29, 1.82) is 0 Å². The number of nitrogens with zero attached hydrogens (tertiary/aromatic N) is 1. The van der Waals surface area contributed by atoms with Gasteiger partial charge in [0.25, 0.3) is 0 Å². The van der Waals surface area contributed by atoms with Gasteiger partial charge in [-0.3, -0.25) is 4.90 Å². The molecule has 0 amide bonds. The predicted molar refractivity (Wildman–Crippen MR) is 86.2 cm³/mol. The van der Waals surface area contributed by atoms with Crippen LogP contribution in [0.15, 0.2) is 29.2 Å². The highest BCUT2D eigenvalue weighted by molar-refractivity contribution is 7.90. The summed E-state index contributed by atoms with van der Waals surface area (Å²) in [5.41, 5.74) is 1.19. The number of sulfone groups is 1. The van der Waals surface area contributed by atoms with Gasteiger partial charge in [0.1, 0.15) is 0 Å². The first kappa shape index (κ1) is 16.5. The molecule has 21 heavy (non-hydrogen) atoms. The van der Waals surface area contributed by atoms with Crippen molar-refractivity contribution in [3.05, 3.63) is 29.8 Å². The Hall–Kier alpha value is -0.910. The average Bonchev–Trinajstić information content (AvgIpc) is 2.47. The minimum Gasteiger partial charge on any atom is -0.319 e. The monoisotopic (exact) mass is 310 g/mol. The molecule has 1 heterocycles. The minimum atomic E-state index is -3.10. The van der Waals surface area contributed by atoms with Crippen LogP contribution in [0.1, 0.15) is 31.4 Å². The van der Waals surface area contributed by atoms with Gasteiger partial charge in [-0.2, -0.15) is 0 Å². The molecular weight excluding hydrogens is 284 g/mol. The van der Waals surface area contributed by atoms with Gasteiger partial charge in [0.05, 0.1) is 4.90 Å². The molecule has 0 aliphatic carbocycles. The largest absolute Gasteiger partial charge is 0.319 e. The lowest BCUT2D eigenvalue weighted by atomic mass is 9.94. The average molecular weight is 310 g/mol. The van der Waals surface area contributed by atoms with Crippen molar-refractivity contribution in [3.8, 4) is 0 Å². The number of hydrogen-bond acceptors (Lipinski definition) is 4. The predicted octanol–water partition coefficient (Wildman–Crippen LogP) is 2.08. The third-order valence-corrected chi connectivity index (χ3v) is 5.61. The standard InChI is InChI=1S/C16H26N2O2S/c1-13(18-10-8-14(9-11-18)12-17-2)15-4-6-16(7-5-15)21(3,19)20/h4-7,13-14,17H,8-12H2,1-3H3. The minimum absolute atomic E-state index is 0.342. The zero-order valence-corrected chi connectivity index (χ0v) is 14.0. The Morgan fingerprint density at radius 2 is 1.81 bits per heavy atom. The van der Waals surface area contributed by atoms with Crippen molar-refractivity contribution in [3.63, 3.8) is 0 Å². The summed E-state index contributed by atoms with van der Waals surface area (Å²) in [5, 5.41) is 3.26. The summed E-state index contributed by atoms with van der Waals surface area (Å²) in [5.74, 6) is 0.783. The van der Waals surface area contributed by atoms with Crippen molar-refractivity contribution in [2.24, 2.45) is 5.92 Å². The highest BCUT2D eigenvalue weighted by Crippen LogP contribution is 2.27. The Labute approximate surface area is 128 Å². The molecule has 1 aliphatic rings. The van der Waals surface area contributed by atoms with Crippen LogP contribution in [0.2, 0.25) is 0 Å². The Morgan fingerprint density at radius 1 is 1.24 bits per heavy atom. The smallest absolute Gasteiger partial charge is 0.175 e. The van der Waals surface area contributed by atoms with Crippen LogP contribution in [0, 0.1) is 5.92 Å². The van der Waals surface area contributed by atoms with Gasteiger partial charge in [-0.25, -0.2) is 8.42 Å². The van der Waals surface area contributed by atoms with E-state index in [0.717, 1.165) is 25.6 Å². The maximum absolute atomic E-state index is 11.5. The molecule has 0 spiro atoms. The molecule has 2 rings (SSSR count). The molecule has 1 atom stereocenters. The second-order valence-corrected chi connectivity index (χ2v) is 8.07. The van der Waals surface area contributed by atoms with E-state index < -0.39 is 9.84 Å². The molecule has 1 aliphatic heterocycles. The van der Waals surface area contributed by atoms with Crippen LogP contribution in [0.25, 0.3) is 0 Å². The highest BCUT2D eigenvalue weighted by Gasteiger charge is 2.23. The summed E-state index contributed by atoms with van der Waals surface area (Å²) < 4.78 is 23.0. The van der Waals surface area contributed by atoms with Crippen LogP contribution < -0.4 is 5.32 Å². The van der Waals surface area contributed by atoms with E-state index in [1.54, 1.807) is 12.1 Å². The third kappa shape index (κ3) is 4.28. The Balaban J connectivity index is 1.99. The van der Waals surface area contributed by atoms with Crippen LogP contribution in [-0.4, -0.2) is 46.3 Å². The molecule has 5 heteroatoms. The van der Waals surface area contributed by atoms with Gasteiger partial charge in [-0.05, 0) is 70.1 Å². The SMILES string of the molecule is CNCC1CCN(C(C)c2ccc(S(C)(=O)=O)cc2)CC1. The molecule has 118 valence electrons. The fraction of sp³-hybridized carbons (Fsp3) is 0.625. The molecule has 1 aromatic rings. The summed E-state index contributed by atoms with van der Waals surface area (Å²) in [6, 6.07) is 7.67. The van der Waals surface area contributed by atoms with Crippen LogP contribution in [0.4, 0.5) is 0 Å². The van der Waals surface area contributed by atoms with E-state index in [9.17, 15) is 8.42 Å². The summed E-state index contributed by atoms with van der Waals surface area (Å²) in [6.07, 6.45) is 3.71. The lowest BCUT2D eigenvalue weighted by Gasteiger charge is -2.36. The van der Waals surface area contributed by atoms with E-state index in [1.165, 1.54) is 24.7 Å². The number of hydrogen-bond donors (Lipinski definition) is 1. The number of likely N-dealkylation sites (tertiary alicyclic amines) is 1. The fourth-order valence-electron chi connectivity index (χ4n) is 3.04. The molecule has 1 N–H and O–H groups in total. The first-order valence-corrected chi connectivity index (χ1v) is 9.49. The van der Waals surface area contributed by atoms with Gasteiger partial charge < -0.3 is 5.32 Å². The van der Waals surface area contributed by atoms with Crippen LogP contribution in [0.3, 0.4) is 0 Å². The molecule has 1 saturated heterocycles. The molecule has 0 saturated carbocycles. The molecule has 1 aromatic carbocycles. The zero-order valence-electron chi connectivity index (χ0n) is 13.2. The zero-order chi connectivity index (χ0) is 15.5. The summed E-state index contributed by atoms with van der Waals surface area (Å²) >= 11 is 0. The third-order valence-electron chi connectivity index (χ3n) is 4.48. The van der Waals surface area contributed by atoms with Gasteiger partial charge in [0, 0.05) is 12.3 Å². The molecule has 0 bridgehead atoms. The number of benzene rings is 1. The topological polar surface area (TPSA) is 49.4 Å². The Morgan fingerprint density at radius 3 is 2.29 bits per heavy atom. The van der Waals surface area contributed by atoms with Crippen LogP contribution >= 0.6 is 0 Å². The summed E-state index contributed by atoms with van der Waals surface area (Å²) in [7, 11) is -1.09. The highest BCUT2D eigenvalue weighted by atomic mass is 32.2. The van der Waals surface area contributed by atoms with E-state index in [1.807, 2.05) is 19.2 Å².